The molecule has 0 atom stereocenters. The summed E-state index contributed by atoms with van der Waals surface area (Å²) in [5.41, 5.74) is -3.31. The lowest BCUT2D eigenvalue weighted by Crippen LogP contribution is -2.28. The summed E-state index contributed by atoms with van der Waals surface area (Å²) < 4.78 is 109. The number of alkyl halides is 6. The second-order valence-corrected chi connectivity index (χ2v) is 10.3. The second-order valence-electron chi connectivity index (χ2n) is 8.04. The number of aromatic nitrogens is 5. The van der Waals surface area contributed by atoms with E-state index in [9.17, 15) is 39.6 Å². The molecule has 0 amide bonds. The Bertz CT molecular complexity index is 1690. The highest BCUT2D eigenvalue weighted by Crippen LogP contribution is 2.37. The normalized spacial score (nSPS) is 13.3. The van der Waals surface area contributed by atoms with Gasteiger partial charge in [0.1, 0.15) is 17.0 Å². The van der Waals surface area contributed by atoms with E-state index >= 15 is 0 Å². The van der Waals surface area contributed by atoms with E-state index in [0.717, 1.165) is 23.7 Å². The Morgan fingerprint density at radius 1 is 0.889 bits per heavy atom. The zero-order chi connectivity index (χ0) is 27.0. The van der Waals surface area contributed by atoms with Gasteiger partial charge in [-0.25, -0.2) is 18.4 Å². The molecule has 0 fully saturated rings. The number of imidazole rings is 2. The van der Waals surface area contributed by atoms with Crippen molar-refractivity contribution in [1.82, 2.24) is 23.7 Å². The highest BCUT2D eigenvalue weighted by molar-refractivity contribution is 7.91. The predicted molar refractivity (Wildman–Crippen MR) is 118 cm³/mol. The van der Waals surface area contributed by atoms with E-state index in [4.69, 9.17) is 0 Å². The van der Waals surface area contributed by atoms with Crippen molar-refractivity contribution in [2.24, 2.45) is 14.1 Å². The molecule has 0 aliphatic carbocycles. The number of rotatable bonds is 4. The van der Waals surface area contributed by atoms with Crippen LogP contribution in [0.25, 0.3) is 33.5 Å². The monoisotopic (exact) mass is 535 g/mol. The highest BCUT2D eigenvalue weighted by atomic mass is 32.2. The van der Waals surface area contributed by atoms with Crippen LogP contribution in [0.15, 0.2) is 27.9 Å². The van der Waals surface area contributed by atoms with Crippen molar-refractivity contribution in [2.75, 3.05) is 5.75 Å². The first-order chi connectivity index (χ1) is 16.5. The number of benzene rings is 1. The van der Waals surface area contributed by atoms with Gasteiger partial charge in [0.15, 0.2) is 9.84 Å². The maximum atomic E-state index is 13.6. The topological polar surface area (TPSA) is 91.8 Å². The molecular weight excluding hydrogens is 516 g/mol. The first-order valence-corrected chi connectivity index (χ1v) is 12.2. The Morgan fingerprint density at radius 3 is 2.06 bits per heavy atom. The molecule has 8 nitrogen and oxygen atoms in total. The molecule has 194 valence electrons. The lowest BCUT2D eigenvalue weighted by molar-refractivity contribution is -0.146. The Kier molecular flexibility index (Phi) is 5.77. The number of hydrogen-bond donors (Lipinski definition) is 0. The fourth-order valence-electron chi connectivity index (χ4n) is 4.17. The Morgan fingerprint density at radius 2 is 1.53 bits per heavy atom. The minimum atomic E-state index is -4.86. The molecule has 0 aliphatic heterocycles. The lowest BCUT2D eigenvalue weighted by atomic mass is 10.2. The van der Waals surface area contributed by atoms with E-state index < -0.39 is 45.0 Å². The van der Waals surface area contributed by atoms with Gasteiger partial charge < -0.3 is 13.7 Å². The maximum absolute atomic E-state index is 13.6. The van der Waals surface area contributed by atoms with Gasteiger partial charge in [-0.05, 0) is 25.1 Å². The molecule has 0 radical (unpaired) electrons. The summed E-state index contributed by atoms with van der Waals surface area (Å²) in [7, 11) is -1.66. The first-order valence-electron chi connectivity index (χ1n) is 10.5. The standard InChI is InChI=1S/C21H19F6N5O3S/c1-5-32-15(20(22,23)24)8-12-16(18(32)33)31(4)17(28-12)10-7-11-13(9-14(10)36(34,35)6-2)30(3)19(29-11)21(25,26)27/h7-9H,5-6H2,1-4H3. The van der Waals surface area contributed by atoms with E-state index in [-0.39, 0.29) is 44.9 Å². The number of pyridine rings is 1. The third-order valence-electron chi connectivity index (χ3n) is 5.93. The van der Waals surface area contributed by atoms with Crippen molar-refractivity contribution >= 4 is 31.9 Å². The zero-order valence-corrected chi connectivity index (χ0v) is 20.1. The Hall–Kier alpha value is -3.36. The molecule has 15 heteroatoms. The molecule has 0 saturated carbocycles. The van der Waals surface area contributed by atoms with Crippen molar-refractivity contribution < 1.29 is 34.8 Å². The van der Waals surface area contributed by atoms with Gasteiger partial charge in [-0.2, -0.15) is 26.3 Å². The number of sulfone groups is 1. The van der Waals surface area contributed by atoms with Crippen LogP contribution in [0.1, 0.15) is 25.4 Å². The quantitative estimate of drug-likeness (QED) is 0.367. The van der Waals surface area contributed by atoms with Gasteiger partial charge in [-0.3, -0.25) is 4.79 Å². The first kappa shape index (κ1) is 25.7. The third-order valence-corrected chi connectivity index (χ3v) is 7.70. The van der Waals surface area contributed by atoms with E-state index in [1.54, 1.807) is 0 Å². The second kappa shape index (κ2) is 8.08. The van der Waals surface area contributed by atoms with Gasteiger partial charge >= 0.3 is 12.4 Å². The lowest BCUT2D eigenvalue weighted by Gasteiger charge is -2.14. The minimum absolute atomic E-state index is 0.121. The fourth-order valence-corrected chi connectivity index (χ4v) is 5.26. The minimum Gasteiger partial charge on any atom is -0.323 e. The summed E-state index contributed by atoms with van der Waals surface area (Å²) in [5.74, 6) is -1.89. The summed E-state index contributed by atoms with van der Waals surface area (Å²) >= 11 is 0. The molecule has 0 N–H and O–H groups in total. The van der Waals surface area contributed by atoms with Gasteiger partial charge in [0, 0.05) is 26.2 Å². The smallest absolute Gasteiger partial charge is 0.323 e. The van der Waals surface area contributed by atoms with Gasteiger partial charge in [0.2, 0.25) is 5.82 Å². The van der Waals surface area contributed by atoms with Gasteiger partial charge in [-0.1, -0.05) is 6.92 Å². The van der Waals surface area contributed by atoms with Gasteiger partial charge in [0.25, 0.3) is 5.56 Å². The molecule has 3 heterocycles. The molecule has 0 spiro atoms. The molecule has 3 aromatic heterocycles. The summed E-state index contributed by atoms with van der Waals surface area (Å²) in [4.78, 5) is 20.3. The van der Waals surface area contributed by atoms with E-state index in [1.807, 2.05) is 0 Å². The van der Waals surface area contributed by atoms with Crippen LogP contribution in [-0.4, -0.2) is 37.8 Å². The molecule has 0 bridgehead atoms. The van der Waals surface area contributed by atoms with Crippen molar-refractivity contribution in [3.05, 3.63) is 40.1 Å². The molecular formula is C21H19F6N5O3S. The van der Waals surface area contributed by atoms with Crippen molar-refractivity contribution in [3.63, 3.8) is 0 Å². The molecule has 36 heavy (non-hydrogen) atoms. The Labute approximate surface area is 199 Å². The number of nitrogens with zero attached hydrogens (tertiary/aromatic N) is 5. The SMILES string of the molecule is CCn1c(C(F)(F)F)cc2nc(-c3cc4nc(C(F)(F)F)n(C)c4cc3S(=O)(=O)CC)n(C)c2c1=O. The molecule has 4 aromatic rings. The molecule has 0 unspecified atom stereocenters. The van der Waals surface area contributed by atoms with Crippen LogP contribution in [0.2, 0.25) is 0 Å². The van der Waals surface area contributed by atoms with Crippen molar-refractivity contribution in [1.29, 1.82) is 0 Å². The summed E-state index contributed by atoms with van der Waals surface area (Å²) in [5, 5.41) is 0. The van der Waals surface area contributed by atoms with Gasteiger partial charge in [-0.15, -0.1) is 0 Å². The molecule has 4 rings (SSSR count). The van der Waals surface area contributed by atoms with Crippen LogP contribution in [0.4, 0.5) is 26.3 Å². The molecule has 0 aliphatic rings. The molecule has 1 aromatic carbocycles. The van der Waals surface area contributed by atoms with Crippen LogP contribution >= 0.6 is 0 Å². The predicted octanol–water partition coefficient (Wildman–Crippen LogP) is 4.14. The summed E-state index contributed by atoms with van der Waals surface area (Å²) in [6, 6.07) is 2.78. The summed E-state index contributed by atoms with van der Waals surface area (Å²) in [6.45, 7) is 2.40. The Balaban J connectivity index is 2.14. The highest BCUT2D eigenvalue weighted by Gasteiger charge is 2.38. The third kappa shape index (κ3) is 3.85. The number of fused-ring (bicyclic) bond motifs is 2. The van der Waals surface area contributed by atoms with Crippen LogP contribution < -0.4 is 5.56 Å². The average Bonchev–Trinajstić information content (AvgIpc) is 3.29. The van der Waals surface area contributed by atoms with Crippen molar-refractivity contribution in [2.45, 2.75) is 37.6 Å². The van der Waals surface area contributed by atoms with Crippen molar-refractivity contribution in [3.8, 4) is 11.4 Å². The average molecular weight is 535 g/mol. The number of hydrogen-bond acceptors (Lipinski definition) is 5. The maximum Gasteiger partial charge on any atom is 0.449 e. The van der Waals surface area contributed by atoms with E-state index in [1.165, 1.54) is 20.9 Å². The van der Waals surface area contributed by atoms with Crippen LogP contribution in [0, 0.1) is 0 Å². The largest absolute Gasteiger partial charge is 0.449 e. The summed E-state index contributed by atoms with van der Waals surface area (Å²) in [6.07, 6.45) is -9.69. The number of halogens is 6. The number of aryl methyl sites for hydroxylation is 2. The molecule has 0 saturated heterocycles. The van der Waals surface area contributed by atoms with Crippen LogP contribution in [-0.2, 0) is 42.8 Å². The van der Waals surface area contributed by atoms with E-state index in [0.29, 0.717) is 15.2 Å². The van der Waals surface area contributed by atoms with Crippen LogP contribution in [0.3, 0.4) is 0 Å². The van der Waals surface area contributed by atoms with Crippen LogP contribution in [0.5, 0.6) is 0 Å². The van der Waals surface area contributed by atoms with E-state index in [2.05, 4.69) is 9.97 Å². The fraction of sp³-hybridized carbons (Fsp3) is 0.381. The van der Waals surface area contributed by atoms with Gasteiger partial charge in [0.05, 0.1) is 27.2 Å². The zero-order valence-electron chi connectivity index (χ0n) is 19.3.